The molecule has 0 rings (SSSR count). The first-order valence-corrected chi connectivity index (χ1v) is 2.99. The zero-order valence-electron chi connectivity index (χ0n) is 5.09. The first kappa shape index (κ1) is 9.03. The molecule has 10 heavy (non-hydrogen) atoms. The van der Waals surface area contributed by atoms with Gasteiger partial charge in [0.2, 0.25) is 0 Å². The summed E-state index contributed by atoms with van der Waals surface area (Å²) < 4.78 is 4.32. The summed E-state index contributed by atoms with van der Waals surface area (Å²) in [6.45, 7) is 0.0562. The lowest BCUT2D eigenvalue weighted by atomic mass is 10.8. The molecular weight excluding hydrogens is 160 g/mol. The number of halogens is 1. The number of nitrogens with one attached hydrogen (secondary N) is 1. The lowest BCUT2D eigenvalue weighted by Gasteiger charge is -1.99. The van der Waals surface area contributed by atoms with Crippen molar-refractivity contribution in [2.45, 2.75) is 0 Å². The van der Waals surface area contributed by atoms with E-state index in [0.29, 0.717) is 0 Å². The van der Waals surface area contributed by atoms with Crippen LogP contribution >= 0.6 is 11.6 Å². The minimum absolute atomic E-state index is 0.0562. The summed E-state index contributed by atoms with van der Waals surface area (Å²) in [5.74, 6) is 0.187. The Bertz CT molecular complexity index is 138. The molecule has 0 aromatic heterocycles. The molecule has 6 heteroatoms. The number of rotatable bonds is 2. The summed E-state index contributed by atoms with van der Waals surface area (Å²) in [6.07, 6.45) is -0.881. The summed E-state index contributed by atoms with van der Waals surface area (Å²) in [7, 11) is 0. The minimum atomic E-state index is -0.945. The van der Waals surface area contributed by atoms with Gasteiger partial charge in [-0.15, -0.1) is 11.6 Å². The number of alkyl carbamates (subject to hydrolysis) is 1. The summed E-state index contributed by atoms with van der Waals surface area (Å²) in [5.41, 5.74) is 4.58. The van der Waals surface area contributed by atoms with Crippen LogP contribution in [0.25, 0.3) is 0 Å². The molecule has 0 aliphatic rings. The second-order valence-corrected chi connectivity index (χ2v) is 1.69. The molecule has 0 heterocycles. The molecular formula is C4H7ClN2O3. The molecule has 58 valence electrons. The predicted octanol–water partition coefficient (Wildman–Crippen LogP) is 0.0301. The fourth-order valence-electron chi connectivity index (χ4n) is 0.268. The van der Waals surface area contributed by atoms with Crippen LogP contribution in [0.1, 0.15) is 0 Å². The molecule has 3 N–H and O–H groups in total. The molecule has 3 amide bonds. The number of nitrogens with two attached hydrogens (primary N) is 1. The number of imide groups is 1. The van der Waals surface area contributed by atoms with E-state index < -0.39 is 12.1 Å². The Kier molecular flexibility index (Phi) is 4.39. The van der Waals surface area contributed by atoms with Gasteiger partial charge in [0.1, 0.15) is 6.61 Å². The molecule has 0 aliphatic carbocycles. The van der Waals surface area contributed by atoms with Crippen molar-refractivity contribution in [1.82, 2.24) is 5.32 Å². The highest BCUT2D eigenvalue weighted by atomic mass is 35.5. The molecule has 0 atom stereocenters. The van der Waals surface area contributed by atoms with Gasteiger partial charge in [0.15, 0.2) is 0 Å². The van der Waals surface area contributed by atoms with Crippen molar-refractivity contribution in [2.75, 3.05) is 12.5 Å². The van der Waals surface area contributed by atoms with Crippen LogP contribution in [-0.2, 0) is 4.74 Å². The maximum absolute atomic E-state index is 10.3. The average Bonchev–Trinajstić information content (AvgIpc) is 1.82. The molecule has 0 radical (unpaired) electrons. The van der Waals surface area contributed by atoms with Gasteiger partial charge in [0, 0.05) is 0 Å². The molecule has 0 aromatic carbocycles. The van der Waals surface area contributed by atoms with Gasteiger partial charge in [-0.2, -0.15) is 0 Å². The highest BCUT2D eigenvalue weighted by molar-refractivity contribution is 6.18. The van der Waals surface area contributed by atoms with Gasteiger partial charge in [-0.1, -0.05) is 0 Å². The van der Waals surface area contributed by atoms with Crippen LogP contribution in [0.2, 0.25) is 0 Å². The number of hydrogen-bond donors (Lipinski definition) is 2. The van der Waals surface area contributed by atoms with E-state index in [-0.39, 0.29) is 12.5 Å². The Balaban J connectivity index is 3.35. The van der Waals surface area contributed by atoms with Crippen molar-refractivity contribution in [3.63, 3.8) is 0 Å². The zero-order valence-corrected chi connectivity index (χ0v) is 5.85. The van der Waals surface area contributed by atoms with Crippen molar-refractivity contribution in [1.29, 1.82) is 0 Å². The quantitative estimate of drug-likeness (QED) is 0.568. The first-order chi connectivity index (χ1) is 4.66. The van der Waals surface area contributed by atoms with Gasteiger partial charge in [0.05, 0.1) is 5.88 Å². The number of primary amides is 1. The zero-order chi connectivity index (χ0) is 7.98. The van der Waals surface area contributed by atoms with E-state index in [1.54, 1.807) is 5.32 Å². The Morgan fingerprint density at radius 1 is 1.60 bits per heavy atom. The lowest BCUT2D eigenvalue weighted by Crippen LogP contribution is -2.35. The van der Waals surface area contributed by atoms with E-state index in [1.165, 1.54) is 0 Å². The fourth-order valence-corrected chi connectivity index (χ4v) is 0.345. The number of carbonyl (C=O) groups excluding carboxylic acids is 2. The SMILES string of the molecule is NC(=O)NC(=O)OCCCl. The number of hydrogen-bond acceptors (Lipinski definition) is 3. The highest BCUT2D eigenvalue weighted by Crippen LogP contribution is 1.79. The topological polar surface area (TPSA) is 81.4 Å². The van der Waals surface area contributed by atoms with Crippen LogP contribution in [0, 0.1) is 0 Å². The van der Waals surface area contributed by atoms with Gasteiger partial charge in [-0.05, 0) is 0 Å². The van der Waals surface area contributed by atoms with Gasteiger partial charge in [0.25, 0.3) is 0 Å². The summed E-state index contributed by atoms with van der Waals surface area (Å²) in [4.78, 5) is 20.3. The predicted molar refractivity (Wildman–Crippen MR) is 34.8 cm³/mol. The van der Waals surface area contributed by atoms with E-state index in [0.717, 1.165) is 0 Å². The van der Waals surface area contributed by atoms with Crippen LogP contribution in [0.4, 0.5) is 9.59 Å². The molecule has 0 aromatic rings. The average molecular weight is 167 g/mol. The summed E-state index contributed by atoms with van der Waals surface area (Å²) in [6, 6.07) is -0.945. The fraction of sp³-hybridized carbons (Fsp3) is 0.500. The van der Waals surface area contributed by atoms with E-state index in [1.807, 2.05) is 0 Å². The van der Waals surface area contributed by atoms with Crippen LogP contribution in [0.3, 0.4) is 0 Å². The van der Waals surface area contributed by atoms with Crippen LogP contribution in [0.5, 0.6) is 0 Å². The van der Waals surface area contributed by atoms with Crippen molar-refractivity contribution in [2.24, 2.45) is 5.73 Å². The number of urea groups is 1. The van der Waals surface area contributed by atoms with Crippen LogP contribution in [-0.4, -0.2) is 24.6 Å². The second kappa shape index (κ2) is 4.87. The molecule has 0 aliphatic heterocycles. The van der Waals surface area contributed by atoms with Crippen molar-refractivity contribution in [3.8, 4) is 0 Å². The summed E-state index contributed by atoms with van der Waals surface area (Å²) >= 11 is 5.16. The van der Waals surface area contributed by atoms with E-state index in [2.05, 4.69) is 10.5 Å². The number of amides is 3. The number of carbonyl (C=O) groups is 2. The molecule has 0 bridgehead atoms. The maximum Gasteiger partial charge on any atom is 0.415 e. The second-order valence-electron chi connectivity index (χ2n) is 1.31. The van der Waals surface area contributed by atoms with E-state index in [4.69, 9.17) is 11.6 Å². The lowest BCUT2D eigenvalue weighted by molar-refractivity contribution is 0.154. The third-order valence-corrected chi connectivity index (χ3v) is 0.690. The molecule has 0 unspecified atom stereocenters. The minimum Gasteiger partial charge on any atom is -0.448 e. The van der Waals surface area contributed by atoms with E-state index in [9.17, 15) is 9.59 Å². The van der Waals surface area contributed by atoms with Gasteiger partial charge >= 0.3 is 12.1 Å². The van der Waals surface area contributed by atoms with Gasteiger partial charge < -0.3 is 10.5 Å². The van der Waals surface area contributed by atoms with E-state index >= 15 is 0 Å². The molecule has 0 spiro atoms. The van der Waals surface area contributed by atoms with Crippen LogP contribution < -0.4 is 11.1 Å². The molecule has 0 saturated heterocycles. The monoisotopic (exact) mass is 166 g/mol. The third kappa shape index (κ3) is 5.17. The number of alkyl halides is 1. The Hall–Kier alpha value is -0.970. The Morgan fingerprint density at radius 2 is 2.20 bits per heavy atom. The van der Waals surface area contributed by atoms with Crippen LogP contribution in [0.15, 0.2) is 0 Å². The Labute approximate surface area is 62.5 Å². The highest BCUT2D eigenvalue weighted by Gasteiger charge is 2.02. The van der Waals surface area contributed by atoms with Gasteiger partial charge in [-0.25, -0.2) is 14.9 Å². The Morgan fingerprint density at radius 3 is 2.60 bits per heavy atom. The first-order valence-electron chi connectivity index (χ1n) is 2.46. The smallest absolute Gasteiger partial charge is 0.415 e. The standard InChI is InChI=1S/C4H7ClN2O3/c5-1-2-10-4(9)7-3(6)8/h1-2H2,(H3,6,7,8,9). The maximum atomic E-state index is 10.3. The molecule has 0 fully saturated rings. The number of ether oxygens (including phenoxy) is 1. The third-order valence-electron chi connectivity index (χ3n) is 0.536. The van der Waals surface area contributed by atoms with Crippen molar-refractivity contribution in [3.05, 3.63) is 0 Å². The normalized spacial score (nSPS) is 8.50. The summed E-state index contributed by atoms with van der Waals surface area (Å²) in [5, 5.41) is 1.70. The van der Waals surface area contributed by atoms with Crippen molar-refractivity contribution < 1.29 is 14.3 Å². The largest absolute Gasteiger partial charge is 0.448 e. The van der Waals surface area contributed by atoms with Crippen molar-refractivity contribution >= 4 is 23.7 Å². The molecule has 0 saturated carbocycles. The molecule has 5 nitrogen and oxygen atoms in total. The van der Waals surface area contributed by atoms with Gasteiger partial charge in [-0.3, -0.25) is 0 Å².